The Morgan fingerprint density at radius 1 is 1.33 bits per heavy atom. The van der Waals surface area contributed by atoms with Gasteiger partial charge >= 0.3 is 0 Å². The number of hydrogen-bond donors (Lipinski definition) is 0. The van der Waals surface area contributed by atoms with Crippen LogP contribution in [-0.4, -0.2) is 42.7 Å². The van der Waals surface area contributed by atoms with Crippen LogP contribution >= 0.6 is 0 Å². The Hall–Kier alpha value is -0.220. The second kappa shape index (κ2) is 3.98. The molecule has 0 radical (unpaired) electrons. The molecule has 4 heteroatoms. The summed E-state index contributed by atoms with van der Waals surface area (Å²) < 4.78 is 32.7. The first-order valence-corrected chi connectivity index (χ1v) is 5.75. The predicted octanol–water partition coefficient (Wildman–Crippen LogP) is 2.14. The van der Waals surface area contributed by atoms with Crippen molar-refractivity contribution in [2.75, 3.05) is 19.7 Å². The van der Waals surface area contributed by atoms with Crippen molar-refractivity contribution in [3.63, 3.8) is 0 Å². The van der Waals surface area contributed by atoms with Gasteiger partial charge in [-0.1, -0.05) is 13.8 Å². The van der Waals surface area contributed by atoms with Crippen LogP contribution in [0.5, 0.6) is 0 Å². The summed E-state index contributed by atoms with van der Waals surface area (Å²) in [6, 6.07) is 0.555. The van der Waals surface area contributed by atoms with Crippen LogP contribution in [0, 0.1) is 5.92 Å². The molecule has 2 fully saturated rings. The maximum Gasteiger partial charge on any atom is 0.277 e. The molecule has 0 aromatic carbocycles. The standard InChI is InChI=1S/C11H19F2NO/c1-8(2)11(12,13)10-7-14(5-6-15-10)9-3-4-9/h8-10H,3-7H2,1-2H3. The lowest BCUT2D eigenvalue weighted by molar-refractivity contribution is -0.188. The monoisotopic (exact) mass is 219 g/mol. The van der Waals surface area contributed by atoms with Gasteiger partial charge in [-0.25, -0.2) is 8.78 Å². The van der Waals surface area contributed by atoms with E-state index in [1.165, 1.54) is 12.8 Å². The van der Waals surface area contributed by atoms with Gasteiger partial charge < -0.3 is 4.74 Å². The molecule has 15 heavy (non-hydrogen) atoms. The lowest BCUT2D eigenvalue weighted by Crippen LogP contribution is -2.53. The van der Waals surface area contributed by atoms with Gasteiger partial charge in [0.1, 0.15) is 6.10 Å². The summed E-state index contributed by atoms with van der Waals surface area (Å²) in [5, 5.41) is 0. The zero-order chi connectivity index (χ0) is 11.1. The van der Waals surface area contributed by atoms with Crippen LogP contribution in [0.1, 0.15) is 26.7 Å². The van der Waals surface area contributed by atoms with Crippen molar-refractivity contribution >= 4 is 0 Å². The lowest BCUT2D eigenvalue weighted by atomic mass is 9.99. The number of hydrogen-bond acceptors (Lipinski definition) is 2. The Morgan fingerprint density at radius 3 is 2.53 bits per heavy atom. The average Bonchev–Trinajstić information content (AvgIpc) is 3.01. The Morgan fingerprint density at radius 2 is 2.00 bits per heavy atom. The lowest BCUT2D eigenvalue weighted by Gasteiger charge is -2.38. The molecule has 0 aromatic rings. The van der Waals surface area contributed by atoms with E-state index in [-0.39, 0.29) is 0 Å². The molecule has 1 aliphatic heterocycles. The number of nitrogens with zero attached hydrogens (tertiary/aromatic N) is 1. The minimum absolute atomic E-state index is 0.399. The summed E-state index contributed by atoms with van der Waals surface area (Å²) in [7, 11) is 0. The molecule has 0 N–H and O–H groups in total. The smallest absolute Gasteiger partial charge is 0.277 e. The summed E-state index contributed by atoms with van der Waals surface area (Å²) in [5.74, 6) is -3.35. The normalized spacial score (nSPS) is 29.8. The SMILES string of the molecule is CC(C)C(F)(F)C1CN(C2CC2)CCO1. The number of halogens is 2. The van der Waals surface area contributed by atoms with Gasteiger partial charge in [-0.05, 0) is 12.8 Å². The molecule has 0 bridgehead atoms. The van der Waals surface area contributed by atoms with Crippen LogP contribution in [0.25, 0.3) is 0 Å². The van der Waals surface area contributed by atoms with Crippen LogP contribution < -0.4 is 0 Å². The van der Waals surface area contributed by atoms with E-state index >= 15 is 0 Å². The molecule has 1 unspecified atom stereocenters. The van der Waals surface area contributed by atoms with E-state index in [0.717, 1.165) is 6.54 Å². The van der Waals surface area contributed by atoms with E-state index in [4.69, 9.17) is 4.74 Å². The first-order chi connectivity index (χ1) is 7.01. The second-order valence-corrected chi connectivity index (χ2v) is 4.91. The van der Waals surface area contributed by atoms with E-state index in [1.807, 2.05) is 0 Å². The van der Waals surface area contributed by atoms with Gasteiger partial charge in [-0.15, -0.1) is 0 Å². The molecule has 1 saturated heterocycles. The topological polar surface area (TPSA) is 12.5 Å². The van der Waals surface area contributed by atoms with E-state index in [2.05, 4.69) is 4.90 Å². The molecule has 1 heterocycles. The fraction of sp³-hybridized carbons (Fsp3) is 1.00. The van der Waals surface area contributed by atoms with Crippen LogP contribution in [0.3, 0.4) is 0 Å². The number of alkyl halides is 2. The molecule has 0 spiro atoms. The zero-order valence-electron chi connectivity index (χ0n) is 9.38. The Balaban J connectivity index is 1.96. The molecule has 0 amide bonds. The highest BCUT2D eigenvalue weighted by atomic mass is 19.3. The van der Waals surface area contributed by atoms with Crippen molar-refractivity contribution in [3.05, 3.63) is 0 Å². The largest absolute Gasteiger partial charge is 0.369 e. The zero-order valence-corrected chi connectivity index (χ0v) is 9.38. The summed E-state index contributed by atoms with van der Waals surface area (Å²) in [6.45, 7) is 4.77. The maximum absolute atomic E-state index is 13.7. The second-order valence-electron chi connectivity index (χ2n) is 4.91. The highest BCUT2D eigenvalue weighted by Gasteiger charge is 2.47. The van der Waals surface area contributed by atoms with Gasteiger partial charge in [0.25, 0.3) is 5.92 Å². The molecule has 2 nitrogen and oxygen atoms in total. The summed E-state index contributed by atoms with van der Waals surface area (Å²) >= 11 is 0. The first-order valence-electron chi connectivity index (χ1n) is 5.75. The summed E-state index contributed by atoms with van der Waals surface area (Å²) in [5.41, 5.74) is 0. The Bertz CT molecular complexity index is 229. The summed E-state index contributed by atoms with van der Waals surface area (Å²) in [4.78, 5) is 2.16. The minimum atomic E-state index is -2.70. The van der Waals surface area contributed by atoms with Crippen LogP contribution in [0.15, 0.2) is 0 Å². The highest BCUT2D eigenvalue weighted by molar-refractivity contribution is 4.92. The van der Waals surface area contributed by atoms with Gasteiger partial charge in [-0.3, -0.25) is 4.90 Å². The van der Waals surface area contributed by atoms with Crippen LogP contribution in [-0.2, 0) is 4.74 Å². The van der Waals surface area contributed by atoms with E-state index in [9.17, 15) is 8.78 Å². The van der Waals surface area contributed by atoms with E-state index in [0.29, 0.717) is 19.2 Å². The van der Waals surface area contributed by atoms with Gasteiger partial charge in [-0.2, -0.15) is 0 Å². The first kappa shape index (κ1) is 11.3. The van der Waals surface area contributed by atoms with Crippen molar-refractivity contribution in [1.29, 1.82) is 0 Å². The van der Waals surface area contributed by atoms with Crippen molar-refractivity contribution in [2.45, 2.75) is 44.8 Å². The van der Waals surface area contributed by atoms with Crippen molar-refractivity contribution < 1.29 is 13.5 Å². The third-order valence-corrected chi connectivity index (χ3v) is 3.36. The number of ether oxygens (including phenoxy) is 1. The van der Waals surface area contributed by atoms with Gasteiger partial charge in [0.05, 0.1) is 6.61 Å². The molecule has 2 rings (SSSR count). The number of rotatable bonds is 3. The fourth-order valence-corrected chi connectivity index (χ4v) is 2.05. The summed E-state index contributed by atoms with van der Waals surface area (Å²) in [6.07, 6.45) is 1.42. The molecular weight excluding hydrogens is 200 g/mol. The van der Waals surface area contributed by atoms with Crippen LogP contribution in [0.4, 0.5) is 8.78 Å². The highest BCUT2D eigenvalue weighted by Crippen LogP contribution is 2.35. The molecule has 2 aliphatic rings. The predicted molar refractivity (Wildman–Crippen MR) is 54.1 cm³/mol. The molecule has 1 saturated carbocycles. The van der Waals surface area contributed by atoms with Crippen LogP contribution in [0.2, 0.25) is 0 Å². The van der Waals surface area contributed by atoms with E-state index < -0.39 is 17.9 Å². The Labute approximate surface area is 89.6 Å². The quantitative estimate of drug-likeness (QED) is 0.721. The van der Waals surface area contributed by atoms with Gasteiger partial charge in [0.15, 0.2) is 0 Å². The molecular formula is C11H19F2NO. The molecule has 1 aliphatic carbocycles. The Kier molecular flexibility index (Phi) is 2.99. The van der Waals surface area contributed by atoms with E-state index in [1.54, 1.807) is 13.8 Å². The average molecular weight is 219 g/mol. The maximum atomic E-state index is 13.7. The van der Waals surface area contributed by atoms with Crippen molar-refractivity contribution in [3.8, 4) is 0 Å². The fourth-order valence-electron chi connectivity index (χ4n) is 2.05. The molecule has 88 valence electrons. The van der Waals surface area contributed by atoms with Crippen molar-refractivity contribution in [2.24, 2.45) is 5.92 Å². The number of morpholine rings is 1. The molecule has 0 aromatic heterocycles. The van der Waals surface area contributed by atoms with Crippen molar-refractivity contribution in [1.82, 2.24) is 4.90 Å². The third-order valence-electron chi connectivity index (χ3n) is 3.36. The molecule has 1 atom stereocenters. The van der Waals surface area contributed by atoms with Gasteiger partial charge in [0.2, 0.25) is 0 Å². The van der Waals surface area contributed by atoms with Gasteiger partial charge in [0, 0.05) is 25.0 Å². The third kappa shape index (κ3) is 2.31. The minimum Gasteiger partial charge on any atom is -0.369 e.